The zero-order valence-corrected chi connectivity index (χ0v) is 10.1. The number of pyridine rings is 1. The van der Waals surface area contributed by atoms with E-state index in [0.717, 1.165) is 21.9 Å². The lowest BCUT2D eigenvalue weighted by Crippen LogP contribution is -2.09. The smallest absolute Gasteiger partial charge is 0.111 e. The van der Waals surface area contributed by atoms with Crippen molar-refractivity contribution in [2.45, 2.75) is 6.92 Å². The SMILES string of the molecule is Cc1nc2ccccc2cc1P(C)(C)=O. The molecule has 2 rings (SSSR count). The Bertz CT molecular complexity index is 557. The highest BCUT2D eigenvalue weighted by Crippen LogP contribution is 2.36. The van der Waals surface area contributed by atoms with Crippen LogP contribution in [0.2, 0.25) is 0 Å². The molecule has 1 aromatic carbocycles. The maximum atomic E-state index is 12.0. The van der Waals surface area contributed by atoms with Gasteiger partial charge in [0.15, 0.2) is 0 Å². The van der Waals surface area contributed by atoms with Crippen molar-refractivity contribution in [1.29, 1.82) is 0 Å². The topological polar surface area (TPSA) is 30.0 Å². The number of rotatable bonds is 1. The van der Waals surface area contributed by atoms with Crippen LogP contribution < -0.4 is 5.30 Å². The lowest BCUT2D eigenvalue weighted by atomic mass is 10.2. The summed E-state index contributed by atoms with van der Waals surface area (Å²) in [7, 11) is -2.22. The van der Waals surface area contributed by atoms with E-state index in [9.17, 15) is 4.57 Å². The number of para-hydroxylation sites is 1. The fourth-order valence-corrected chi connectivity index (χ4v) is 3.03. The van der Waals surface area contributed by atoms with E-state index in [-0.39, 0.29) is 0 Å². The molecule has 3 heteroatoms. The van der Waals surface area contributed by atoms with Gasteiger partial charge in [-0.25, -0.2) is 0 Å². The number of hydrogen-bond donors (Lipinski definition) is 0. The molecule has 0 aliphatic rings. The Morgan fingerprint density at radius 2 is 1.87 bits per heavy atom. The normalized spacial score (nSPS) is 11.9. The summed E-state index contributed by atoms with van der Waals surface area (Å²) in [4.78, 5) is 4.47. The first kappa shape index (κ1) is 10.4. The van der Waals surface area contributed by atoms with Gasteiger partial charge >= 0.3 is 0 Å². The molecule has 0 aliphatic heterocycles. The summed E-state index contributed by atoms with van der Waals surface area (Å²) in [5.41, 5.74) is 1.84. The molecule has 2 aromatic rings. The van der Waals surface area contributed by atoms with Crippen molar-refractivity contribution in [2.75, 3.05) is 13.3 Å². The molecule has 0 spiro atoms. The first-order valence-electron chi connectivity index (χ1n) is 4.90. The first-order chi connectivity index (χ1) is 6.98. The molecule has 0 fully saturated rings. The highest BCUT2D eigenvalue weighted by molar-refractivity contribution is 7.70. The predicted molar refractivity (Wildman–Crippen MR) is 65.6 cm³/mol. The first-order valence-corrected chi connectivity index (χ1v) is 7.50. The summed E-state index contributed by atoms with van der Waals surface area (Å²) in [6, 6.07) is 9.91. The zero-order valence-electron chi connectivity index (χ0n) is 9.19. The standard InChI is InChI=1S/C12H14NOP/c1-9-12(15(2,3)14)8-10-6-4-5-7-11(10)13-9/h4-8H,1-3H3. The van der Waals surface area contributed by atoms with Gasteiger partial charge in [-0.15, -0.1) is 0 Å². The molecular formula is C12H14NOP. The lowest BCUT2D eigenvalue weighted by molar-refractivity contribution is 0.588. The molecule has 0 atom stereocenters. The summed E-state index contributed by atoms with van der Waals surface area (Å²) < 4.78 is 12.0. The fraction of sp³-hybridized carbons (Fsp3) is 0.250. The molecule has 2 nitrogen and oxygen atoms in total. The minimum absolute atomic E-state index is 0.877. The van der Waals surface area contributed by atoms with Crippen molar-refractivity contribution >= 4 is 23.3 Å². The van der Waals surface area contributed by atoms with Gasteiger partial charge < -0.3 is 4.57 Å². The average Bonchev–Trinajstić information content (AvgIpc) is 2.15. The third kappa shape index (κ3) is 1.95. The molecule has 15 heavy (non-hydrogen) atoms. The molecule has 0 amide bonds. The van der Waals surface area contributed by atoms with Crippen molar-refractivity contribution in [2.24, 2.45) is 0 Å². The van der Waals surface area contributed by atoms with Crippen LogP contribution in [0.5, 0.6) is 0 Å². The average molecular weight is 219 g/mol. The highest BCUT2D eigenvalue weighted by atomic mass is 31.2. The third-order valence-electron chi connectivity index (χ3n) is 2.47. The maximum Gasteiger partial charge on any atom is 0.111 e. The van der Waals surface area contributed by atoms with Crippen LogP contribution in [0.25, 0.3) is 10.9 Å². The van der Waals surface area contributed by atoms with E-state index in [1.54, 1.807) is 13.3 Å². The quantitative estimate of drug-likeness (QED) is 0.690. The van der Waals surface area contributed by atoms with Crippen LogP contribution in [-0.4, -0.2) is 18.3 Å². The fourth-order valence-electron chi connectivity index (χ4n) is 1.75. The van der Waals surface area contributed by atoms with Crippen LogP contribution in [0.3, 0.4) is 0 Å². The molecule has 1 heterocycles. The molecule has 0 aliphatic carbocycles. The van der Waals surface area contributed by atoms with Crippen molar-refractivity contribution in [3.8, 4) is 0 Å². The molecule has 0 saturated carbocycles. The number of fused-ring (bicyclic) bond motifs is 1. The van der Waals surface area contributed by atoms with E-state index in [4.69, 9.17) is 0 Å². The molecule has 0 bridgehead atoms. The number of aryl methyl sites for hydroxylation is 1. The van der Waals surface area contributed by atoms with Crippen LogP contribution in [0.4, 0.5) is 0 Å². The minimum Gasteiger partial charge on any atom is -0.319 e. The molecule has 1 aromatic heterocycles. The predicted octanol–water partition coefficient (Wildman–Crippen LogP) is 2.79. The maximum absolute atomic E-state index is 12.0. The van der Waals surface area contributed by atoms with E-state index >= 15 is 0 Å². The zero-order chi connectivity index (χ0) is 11.1. The lowest BCUT2D eigenvalue weighted by Gasteiger charge is -2.11. The van der Waals surface area contributed by atoms with Gasteiger partial charge in [0.2, 0.25) is 0 Å². The molecule has 0 N–H and O–H groups in total. The summed E-state index contributed by atoms with van der Waals surface area (Å²) in [6.07, 6.45) is 0. The monoisotopic (exact) mass is 219 g/mol. The van der Waals surface area contributed by atoms with Gasteiger partial charge in [-0.05, 0) is 32.4 Å². The molecule has 0 unspecified atom stereocenters. The van der Waals surface area contributed by atoms with E-state index in [0.29, 0.717) is 0 Å². The Kier molecular flexibility index (Phi) is 2.40. The highest BCUT2D eigenvalue weighted by Gasteiger charge is 2.15. The third-order valence-corrected chi connectivity index (χ3v) is 4.08. The largest absolute Gasteiger partial charge is 0.319 e. The van der Waals surface area contributed by atoms with Crippen LogP contribution in [0, 0.1) is 6.92 Å². The van der Waals surface area contributed by atoms with Crippen LogP contribution >= 0.6 is 7.14 Å². The van der Waals surface area contributed by atoms with Crippen LogP contribution in [0.1, 0.15) is 5.69 Å². The van der Waals surface area contributed by atoms with Crippen LogP contribution in [0.15, 0.2) is 30.3 Å². The Hall–Kier alpha value is -1.14. The Labute approximate surface area is 89.7 Å². The minimum atomic E-state index is -2.22. The summed E-state index contributed by atoms with van der Waals surface area (Å²) in [5.74, 6) is 0. The van der Waals surface area contributed by atoms with Crippen molar-refractivity contribution in [3.63, 3.8) is 0 Å². The van der Waals surface area contributed by atoms with E-state index < -0.39 is 7.14 Å². The Balaban J connectivity index is 2.79. The summed E-state index contributed by atoms with van der Waals surface area (Å²) in [5, 5.41) is 1.95. The van der Waals surface area contributed by atoms with Gasteiger partial charge in [0.05, 0.1) is 5.52 Å². The van der Waals surface area contributed by atoms with Crippen molar-refractivity contribution in [1.82, 2.24) is 4.98 Å². The molecule has 0 saturated heterocycles. The van der Waals surface area contributed by atoms with Crippen molar-refractivity contribution in [3.05, 3.63) is 36.0 Å². The summed E-state index contributed by atoms with van der Waals surface area (Å²) in [6.45, 7) is 5.49. The second-order valence-electron chi connectivity index (χ2n) is 4.14. The number of nitrogens with zero attached hydrogens (tertiary/aromatic N) is 1. The molecule has 78 valence electrons. The van der Waals surface area contributed by atoms with Crippen molar-refractivity contribution < 1.29 is 4.57 Å². The second-order valence-corrected chi connectivity index (χ2v) is 7.32. The van der Waals surface area contributed by atoms with E-state index in [2.05, 4.69) is 4.98 Å². The molecular weight excluding hydrogens is 205 g/mol. The van der Waals surface area contributed by atoms with Gasteiger partial charge in [-0.1, -0.05) is 18.2 Å². The van der Waals surface area contributed by atoms with Crippen LogP contribution in [-0.2, 0) is 4.57 Å². The van der Waals surface area contributed by atoms with E-state index in [1.807, 2.05) is 37.3 Å². The molecule has 0 radical (unpaired) electrons. The van der Waals surface area contributed by atoms with Gasteiger partial charge in [-0.2, -0.15) is 0 Å². The van der Waals surface area contributed by atoms with Gasteiger partial charge in [-0.3, -0.25) is 4.98 Å². The Morgan fingerprint density at radius 3 is 2.53 bits per heavy atom. The second kappa shape index (κ2) is 3.46. The van der Waals surface area contributed by atoms with E-state index in [1.165, 1.54) is 0 Å². The number of hydrogen-bond acceptors (Lipinski definition) is 2. The number of benzene rings is 1. The number of aromatic nitrogens is 1. The Morgan fingerprint density at radius 1 is 1.20 bits per heavy atom. The van der Waals surface area contributed by atoms with Gasteiger partial charge in [0.1, 0.15) is 7.14 Å². The van der Waals surface area contributed by atoms with Gasteiger partial charge in [0.25, 0.3) is 0 Å². The van der Waals surface area contributed by atoms with Gasteiger partial charge in [0, 0.05) is 16.4 Å². The summed E-state index contributed by atoms with van der Waals surface area (Å²) >= 11 is 0.